The largest absolute Gasteiger partial charge is 0.390 e. The maximum Gasteiger partial charge on any atom is 0.225 e. The SMILES string of the molecule is C[C@@H]1C[C@H](O)C(O)[C@@]2(OCc3cc(Cl)c(Cc4ccc(-c5ccccn5)s4)cc32)O1. The molecule has 5 nitrogen and oxygen atoms in total. The van der Waals surface area contributed by atoms with Crippen LogP contribution in [0.15, 0.2) is 48.7 Å². The van der Waals surface area contributed by atoms with Crippen molar-refractivity contribution in [1.29, 1.82) is 0 Å². The van der Waals surface area contributed by atoms with Crippen LogP contribution in [-0.2, 0) is 28.3 Å². The smallest absolute Gasteiger partial charge is 0.225 e. The molecular weight excluding hydrogens is 422 g/mol. The summed E-state index contributed by atoms with van der Waals surface area (Å²) in [6.07, 6.45) is 0.517. The third-order valence-electron chi connectivity index (χ3n) is 5.74. The maximum atomic E-state index is 10.7. The summed E-state index contributed by atoms with van der Waals surface area (Å²) in [5.41, 5.74) is 3.51. The quantitative estimate of drug-likeness (QED) is 0.632. The van der Waals surface area contributed by atoms with E-state index in [-0.39, 0.29) is 12.7 Å². The van der Waals surface area contributed by atoms with Gasteiger partial charge in [-0.2, -0.15) is 0 Å². The Hall–Kier alpha value is -1.80. The molecule has 1 unspecified atom stereocenters. The Labute approximate surface area is 183 Å². The average molecular weight is 444 g/mol. The molecule has 7 heteroatoms. The lowest BCUT2D eigenvalue weighted by Gasteiger charge is -2.43. The van der Waals surface area contributed by atoms with Crippen LogP contribution in [0.4, 0.5) is 0 Å². The number of hydrogen-bond donors (Lipinski definition) is 2. The van der Waals surface area contributed by atoms with Crippen molar-refractivity contribution in [1.82, 2.24) is 4.98 Å². The fourth-order valence-electron chi connectivity index (χ4n) is 4.29. The highest BCUT2D eigenvalue weighted by atomic mass is 35.5. The summed E-state index contributed by atoms with van der Waals surface area (Å²) in [6, 6.07) is 13.9. The van der Waals surface area contributed by atoms with Crippen molar-refractivity contribution in [2.45, 2.75) is 50.5 Å². The Morgan fingerprint density at radius 2 is 2.10 bits per heavy atom. The normalized spacial score (nSPS) is 28.1. The minimum Gasteiger partial charge on any atom is -0.390 e. The molecule has 0 saturated carbocycles. The zero-order chi connectivity index (χ0) is 20.9. The van der Waals surface area contributed by atoms with E-state index < -0.39 is 18.0 Å². The monoisotopic (exact) mass is 443 g/mol. The lowest BCUT2D eigenvalue weighted by molar-refractivity contribution is -0.342. The molecule has 2 aliphatic rings. The fraction of sp³-hybridized carbons (Fsp3) is 0.348. The Bertz CT molecular complexity index is 1070. The lowest BCUT2D eigenvalue weighted by atomic mass is 9.88. The number of nitrogens with zero attached hydrogens (tertiary/aromatic N) is 1. The van der Waals surface area contributed by atoms with Crippen molar-refractivity contribution in [2.75, 3.05) is 0 Å². The third-order valence-corrected chi connectivity index (χ3v) is 7.20. The van der Waals surface area contributed by atoms with E-state index in [1.807, 2.05) is 37.3 Å². The Kier molecular flexibility index (Phi) is 5.17. The van der Waals surface area contributed by atoms with Crippen LogP contribution in [0.1, 0.15) is 34.9 Å². The lowest BCUT2D eigenvalue weighted by Crippen LogP contribution is -2.55. The minimum absolute atomic E-state index is 0.230. The zero-order valence-electron chi connectivity index (χ0n) is 16.4. The first kappa shape index (κ1) is 20.1. The van der Waals surface area contributed by atoms with Crippen molar-refractivity contribution >= 4 is 22.9 Å². The summed E-state index contributed by atoms with van der Waals surface area (Å²) in [5, 5.41) is 21.7. The number of rotatable bonds is 3. The van der Waals surface area contributed by atoms with Crippen molar-refractivity contribution in [3.05, 3.63) is 75.3 Å². The van der Waals surface area contributed by atoms with Gasteiger partial charge in [0.2, 0.25) is 5.79 Å². The van der Waals surface area contributed by atoms with Crippen molar-refractivity contribution < 1.29 is 19.7 Å². The molecule has 0 aliphatic carbocycles. The molecule has 0 radical (unpaired) electrons. The number of fused-ring (bicyclic) bond motifs is 2. The number of ether oxygens (including phenoxy) is 2. The summed E-state index contributed by atoms with van der Waals surface area (Å²) >= 11 is 8.26. The summed E-state index contributed by atoms with van der Waals surface area (Å²) in [6.45, 7) is 2.16. The second-order valence-corrected chi connectivity index (χ2v) is 9.47. The number of hydrogen-bond acceptors (Lipinski definition) is 6. The van der Waals surface area contributed by atoms with E-state index in [4.69, 9.17) is 21.1 Å². The first-order chi connectivity index (χ1) is 14.5. The molecule has 0 amide bonds. The van der Waals surface area contributed by atoms with Gasteiger partial charge in [0, 0.05) is 34.5 Å². The van der Waals surface area contributed by atoms with E-state index in [1.165, 1.54) is 0 Å². The molecule has 3 aromatic rings. The summed E-state index contributed by atoms with van der Waals surface area (Å²) in [7, 11) is 0. The number of aromatic nitrogens is 1. The van der Waals surface area contributed by atoms with Gasteiger partial charge in [0.1, 0.15) is 6.10 Å². The van der Waals surface area contributed by atoms with Crippen molar-refractivity contribution in [2.24, 2.45) is 0 Å². The number of aliphatic hydroxyl groups is 2. The van der Waals surface area contributed by atoms with Crippen LogP contribution >= 0.6 is 22.9 Å². The predicted molar refractivity (Wildman–Crippen MR) is 115 cm³/mol. The maximum absolute atomic E-state index is 10.7. The van der Waals surface area contributed by atoms with Gasteiger partial charge in [-0.15, -0.1) is 11.3 Å². The number of pyridine rings is 1. The molecule has 4 atom stereocenters. The van der Waals surface area contributed by atoms with Crippen LogP contribution in [0.3, 0.4) is 0 Å². The Morgan fingerprint density at radius 3 is 2.90 bits per heavy atom. The fourth-order valence-corrected chi connectivity index (χ4v) is 5.55. The molecule has 156 valence electrons. The highest BCUT2D eigenvalue weighted by Gasteiger charge is 2.54. The Balaban J connectivity index is 1.48. The van der Waals surface area contributed by atoms with Gasteiger partial charge in [0.05, 0.1) is 29.4 Å². The third kappa shape index (κ3) is 3.38. The molecule has 2 aliphatic heterocycles. The van der Waals surface area contributed by atoms with Gasteiger partial charge in [-0.1, -0.05) is 17.7 Å². The summed E-state index contributed by atoms with van der Waals surface area (Å²) in [4.78, 5) is 6.67. The molecule has 0 bridgehead atoms. The molecule has 2 aromatic heterocycles. The van der Waals surface area contributed by atoms with Crippen LogP contribution in [-0.4, -0.2) is 33.5 Å². The topological polar surface area (TPSA) is 71.8 Å². The van der Waals surface area contributed by atoms with Crippen LogP contribution in [0.25, 0.3) is 10.6 Å². The highest BCUT2D eigenvalue weighted by Crippen LogP contribution is 2.47. The number of aliphatic hydroxyl groups excluding tert-OH is 2. The Morgan fingerprint density at radius 1 is 1.23 bits per heavy atom. The highest BCUT2D eigenvalue weighted by molar-refractivity contribution is 7.15. The van der Waals surface area contributed by atoms with Gasteiger partial charge in [0.15, 0.2) is 0 Å². The molecule has 1 spiro atoms. The van der Waals surface area contributed by atoms with Crippen molar-refractivity contribution in [3.8, 4) is 10.6 Å². The van der Waals surface area contributed by atoms with E-state index in [2.05, 4.69) is 17.1 Å². The van der Waals surface area contributed by atoms with Crippen LogP contribution in [0.5, 0.6) is 0 Å². The van der Waals surface area contributed by atoms with Crippen LogP contribution in [0.2, 0.25) is 5.02 Å². The summed E-state index contributed by atoms with van der Waals surface area (Å²) < 4.78 is 12.0. The standard InChI is InChI=1S/C23H22ClNO4S/c1-13-8-20(26)22(27)23(29-13)17-10-14(18(24)11-15(17)12-28-23)9-16-5-6-21(30-16)19-4-2-3-7-25-19/h2-7,10-11,13,20,22,26-27H,8-9,12H2,1H3/t13-,20+,22?,23+/m1/s1. The summed E-state index contributed by atoms with van der Waals surface area (Å²) in [5.74, 6) is -1.35. The van der Waals surface area contributed by atoms with E-state index in [0.717, 1.165) is 32.1 Å². The van der Waals surface area contributed by atoms with Crippen LogP contribution in [0, 0.1) is 0 Å². The van der Waals surface area contributed by atoms with Gasteiger partial charge in [0.25, 0.3) is 0 Å². The van der Waals surface area contributed by atoms with Gasteiger partial charge >= 0.3 is 0 Å². The van der Waals surface area contributed by atoms with Gasteiger partial charge < -0.3 is 19.7 Å². The first-order valence-electron chi connectivity index (χ1n) is 9.96. The number of thiophene rings is 1. The number of benzene rings is 1. The molecule has 4 heterocycles. The average Bonchev–Trinajstić information content (AvgIpc) is 3.33. The second kappa shape index (κ2) is 7.71. The van der Waals surface area contributed by atoms with E-state index in [1.54, 1.807) is 17.5 Å². The molecule has 1 fully saturated rings. The van der Waals surface area contributed by atoms with Gasteiger partial charge in [-0.3, -0.25) is 4.98 Å². The molecule has 30 heavy (non-hydrogen) atoms. The first-order valence-corrected chi connectivity index (χ1v) is 11.2. The molecular formula is C23H22ClNO4S. The molecule has 1 aromatic carbocycles. The van der Waals surface area contributed by atoms with E-state index in [0.29, 0.717) is 17.9 Å². The van der Waals surface area contributed by atoms with Gasteiger partial charge in [-0.25, -0.2) is 0 Å². The van der Waals surface area contributed by atoms with Gasteiger partial charge in [-0.05, 0) is 54.4 Å². The second-order valence-electron chi connectivity index (χ2n) is 7.89. The minimum atomic E-state index is -1.35. The zero-order valence-corrected chi connectivity index (χ0v) is 18.0. The molecule has 1 saturated heterocycles. The molecule has 2 N–H and O–H groups in total. The van der Waals surface area contributed by atoms with E-state index >= 15 is 0 Å². The number of halogens is 1. The van der Waals surface area contributed by atoms with E-state index in [9.17, 15) is 10.2 Å². The van der Waals surface area contributed by atoms with Crippen LogP contribution < -0.4 is 0 Å². The predicted octanol–water partition coefficient (Wildman–Crippen LogP) is 4.27. The van der Waals surface area contributed by atoms with Crippen molar-refractivity contribution in [3.63, 3.8) is 0 Å². The molecule has 5 rings (SSSR count).